The van der Waals surface area contributed by atoms with E-state index < -0.39 is 0 Å². The van der Waals surface area contributed by atoms with E-state index in [0.29, 0.717) is 0 Å². The predicted octanol–water partition coefficient (Wildman–Crippen LogP) is 0.707. The van der Waals surface area contributed by atoms with Gasteiger partial charge in [-0.25, -0.2) is 0 Å². The molecule has 13 heavy (non-hydrogen) atoms. The maximum Gasteiger partial charge on any atom is 0.238 e. The largest absolute Gasteiger partial charge is 0.336 e. The third-order valence-electron chi connectivity index (χ3n) is 3.90. The molecule has 0 bridgehead atoms. The van der Waals surface area contributed by atoms with Gasteiger partial charge in [0.1, 0.15) is 0 Å². The average molecular weight is 180 g/mol. The monoisotopic (exact) mass is 180 g/mol. The third-order valence-corrected chi connectivity index (χ3v) is 3.90. The molecule has 3 heteroatoms. The predicted molar refractivity (Wildman–Crippen MR) is 49.0 cm³/mol. The van der Waals surface area contributed by atoms with Crippen LogP contribution >= 0.6 is 0 Å². The lowest BCUT2D eigenvalue weighted by Gasteiger charge is -2.33. The molecule has 3 rings (SSSR count). The van der Waals surface area contributed by atoms with Gasteiger partial charge in [-0.15, -0.1) is 0 Å². The van der Waals surface area contributed by atoms with Crippen LogP contribution < -0.4 is 5.32 Å². The fraction of sp³-hybridized carbons (Fsp3) is 0.900. The summed E-state index contributed by atoms with van der Waals surface area (Å²) in [6.45, 7) is 3.31. The maximum absolute atomic E-state index is 11.7. The molecule has 0 radical (unpaired) electrons. The lowest BCUT2D eigenvalue weighted by atomic mass is 10.1. The summed E-state index contributed by atoms with van der Waals surface area (Å²) in [4.78, 5) is 14.0. The second-order valence-electron chi connectivity index (χ2n) is 4.76. The Hall–Kier alpha value is -0.570. The van der Waals surface area contributed by atoms with Crippen molar-refractivity contribution in [1.29, 1.82) is 0 Å². The summed E-state index contributed by atoms with van der Waals surface area (Å²) in [5.41, 5.74) is 0.0122. The molecule has 1 aliphatic carbocycles. The zero-order valence-electron chi connectivity index (χ0n) is 8.05. The number of amides is 1. The molecule has 0 aromatic heterocycles. The number of rotatable bonds is 1. The van der Waals surface area contributed by atoms with Crippen molar-refractivity contribution in [3.63, 3.8) is 0 Å². The van der Waals surface area contributed by atoms with Crippen LogP contribution in [0.3, 0.4) is 0 Å². The first-order valence-electron chi connectivity index (χ1n) is 5.30. The molecule has 2 aliphatic heterocycles. The van der Waals surface area contributed by atoms with Gasteiger partial charge in [-0.2, -0.15) is 0 Å². The zero-order valence-corrected chi connectivity index (χ0v) is 8.05. The van der Waals surface area contributed by atoms with Gasteiger partial charge in [0.15, 0.2) is 0 Å². The van der Waals surface area contributed by atoms with E-state index in [4.69, 9.17) is 0 Å². The van der Waals surface area contributed by atoms with Crippen molar-refractivity contribution >= 4 is 5.91 Å². The number of hydrogen-bond acceptors (Lipinski definition) is 2. The van der Waals surface area contributed by atoms with Crippen LogP contribution in [0.4, 0.5) is 0 Å². The number of fused-ring (bicyclic) bond motifs is 1. The second-order valence-corrected chi connectivity index (χ2v) is 4.76. The Morgan fingerprint density at radius 1 is 1.46 bits per heavy atom. The quantitative estimate of drug-likeness (QED) is 0.644. The molecule has 1 unspecified atom stereocenters. The van der Waals surface area contributed by atoms with Crippen LogP contribution in [0.5, 0.6) is 0 Å². The average Bonchev–Trinajstić information content (AvgIpc) is 2.76. The lowest BCUT2D eigenvalue weighted by Crippen LogP contribution is -2.51. The molecule has 72 valence electrons. The van der Waals surface area contributed by atoms with E-state index in [-0.39, 0.29) is 17.6 Å². The first-order chi connectivity index (χ1) is 6.22. The fourth-order valence-corrected chi connectivity index (χ4v) is 2.98. The van der Waals surface area contributed by atoms with Crippen molar-refractivity contribution in [2.75, 3.05) is 6.54 Å². The molecular formula is C10H16N2O. The van der Waals surface area contributed by atoms with Crippen LogP contribution in [-0.4, -0.2) is 29.1 Å². The van der Waals surface area contributed by atoms with E-state index in [2.05, 4.69) is 17.1 Å². The topological polar surface area (TPSA) is 32.3 Å². The van der Waals surface area contributed by atoms with Crippen molar-refractivity contribution in [2.24, 2.45) is 5.92 Å². The van der Waals surface area contributed by atoms with Gasteiger partial charge in [-0.05, 0) is 38.5 Å². The molecule has 3 fully saturated rings. The van der Waals surface area contributed by atoms with Crippen LogP contribution in [0, 0.1) is 5.92 Å². The Balaban J connectivity index is 1.93. The Morgan fingerprint density at radius 3 is 2.92 bits per heavy atom. The summed E-state index contributed by atoms with van der Waals surface area (Å²) in [7, 11) is 0. The number of carbonyl (C=O) groups is 1. The minimum absolute atomic E-state index is 0.0122. The SMILES string of the molecule is CC1(C2CC2)NC(=O)[C@@H]2CCCN21. The van der Waals surface area contributed by atoms with Gasteiger partial charge in [0.25, 0.3) is 0 Å². The minimum Gasteiger partial charge on any atom is -0.336 e. The van der Waals surface area contributed by atoms with Gasteiger partial charge in [0, 0.05) is 6.54 Å². The molecule has 2 atom stereocenters. The molecule has 2 saturated heterocycles. The molecule has 2 heterocycles. The molecule has 0 aromatic carbocycles. The maximum atomic E-state index is 11.7. The molecular weight excluding hydrogens is 164 g/mol. The van der Waals surface area contributed by atoms with Crippen LogP contribution in [0.15, 0.2) is 0 Å². The Bertz CT molecular complexity index is 262. The lowest BCUT2D eigenvalue weighted by molar-refractivity contribution is -0.121. The second kappa shape index (κ2) is 2.27. The molecule has 3 aliphatic rings. The van der Waals surface area contributed by atoms with Gasteiger partial charge >= 0.3 is 0 Å². The van der Waals surface area contributed by atoms with E-state index in [1.54, 1.807) is 0 Å². The van der Waals surface area contributed by atoms with Gasteiger partial charge in [0.2, 0.25) is 5.91 Å². The normalized spacial score (nSPS) is 45.0. The van der Waals surface area contributed by atoms with Crippen molar-refractivity contribution in [1.82, 2.24) is 10.2 Å². The zero-order chi connectivity index (χ0) is 9.05. The summed E-state index contributed by atoms with van der Waals surface area (Å²) in [6, 6.07) is 0.200. The summed E-state index contributed by atoms with van der Waals surface area (Å²) in [5.74, 6) is 0.992. The van der Waals surface area contributed by atoms with E-state index in [1.165, 1.54) is 19.3 Å². The van der Waals surface area contributed by atoms with Crippen molar-refractivity contribution < 1.29 is 4.79 Å². The Morgan fingerprint density at radius 2 is 2.23 bits per heavy atom. The van der Waals surface area contributed by atoms with Crippen LogP contribution in [0.25, 0.3) is 0 Å². The molecule has 1 saturated carbocycles. The highest BCUT2D eigenvalue weighted by atomic mass is 16.2. The standard InChI is InChI=1S/C10H16N2O/c1-10(7-4-5-7)11-9(13)8-3-2-6-12(8)10/h7-8H,2-6H2,1H3,(H,11,13)/t8-,10?/m0/s1. The van der Waals surface area contributed by atoms with Crippen molar-refractivity contribution in [3.05, 3.63) is 0 Å². The first kappa shape index (κ1) is 7.80. The highest BCUT2D eigenvalue weighted by Crippen LogP contribution is 2.46. The van der Waals surface area contributed by atoms with Crippen LogP contribution in [0.1, 0.15) is 32.6 Å². The highest BCUT2D eigenvalue weighted by molar-refractivity contribution is 5.85. The summed E-state index contributed by atoms with van der Waals surface area (Å²) < 4.78 is 0. The van der Waals surface area contributed by atoms with Crippen LogP contribution in [-0.2, 0) is 4.79 Å². The van der Waals surface area contributed by atoms with Gasteiger partial charge in [0.05, 0.1) is 11.7 Å². The first-order valence-corrected chi connectivity index (χ1v) is 5.30. The molecule has 1 N–H and O–H groups in total. The number of carbonyl (C=O) groups excluding carboxylic acids is 1. The van der Waals surface area contributed by atoms with E-state index in [1.807, 2.05) is 0 Å². The van der Waals surface area contributed by atoms with Crippen molar-refractivity contribution in [3.8, 4) is 0 Å². The number of nitrogens with zero attached hydrogens (tertiary/aromatic N) is 1. The van der Waals surface area contributed by atoms with E-state index in [9.17, 15) is 4.79 Å². The molecule has 0 aromatic rings. The number of hydrogen-bond donors (Lipinski definition) is 1. The van der Waals surface area contributed by atoms with Gasteiger partial charge in [-0.3, -0.25) is 9.69 Å². The summed E-state index contributed by atoms with van der Waals surface area (Å²) in [5, 5.41) is 3.18. The third kappa shape index (κ3) is 0.909. The Kier molecular flexibility index (Phi) is 1.36. The minimum atomic E-state index is 0.0122. The smallest absolute Gasteiger partial charge is 0.238 e. The van der Waals surface area contributed by atoms with Gasteiger partial charge in [-0.1, -0.05) is 0 Å². The highest BCUT2D eigenvalue weighted by Gasteiger charge is 2.56. The fourth-order valence-electron chi connectivity index (χ4n) is 2.98. The van der Waals surface area contributed by atoms with Crippen LogP contribution in [0.2, 0.25) is 0 Å². The summed E-state index contributed by atoms with van der Waals surface area (Å²) >= 11 is 0. The van der Waals surface area contributed by atoms with Crippen molar-refractivity contribution in [2.45, 2.75) is 44.3 Å². The Labute approximate surface area is 78.5 Å². The summed E-state index contributed by atoms with van der Waals surface area (Å²) in [6.07, 6.45) is 4.84. The van der Waals surface area contributed by atoms with E-state index in [0.717, 1.165) is 18.9 Å². The van der Waals surface area contributed by atoms with E-state index >= 15 is 0 Å². The van der Waals surface area contributed by atoms with Gasteiger partial charge < -0.3 is 5.32 Å². The molecule has 1 amide bonds. The molecule has 3 nitrogen and oxygen atoms in total. The molecule has 0 spiro atoms. The number of nitrogens with one attached hydrogen (secondary N) is 1.